The molecule has 0 saturated carbocycles. The number of anilines is 1. The maximum atomic E-state index is 13.3. The van der Waals surface area contributed by atoms with Crippen LogP contribution >= 0.6 is 0 Å². The molecule has 0 fully saturated rings. The summed E-state index contributed by atoms with van der Waals surface area (Å²) in [6.07, 6.45) is 4.42. The summed E-state index contributed by atoms with van der Waals surface area (Å²) in [6, 6.07) is 26.4. The molecule has 188 valence electrons. The van der Waals surface area contributed by atoms with Gasteiger partial charge in [-0.1, -0.05) is 54.6 Å². The number of nitriles is 1. The van der Waals surface area contributed by atoms with Crippen molar-refractivity contribution in [2.75, 3.05) is 18.5 Å². The van der Waals surface area contributed by atoms with Crippen molar-refractivity contribution < 1.29 is 9.90 Å². The van der Waals surface area contributed by atoms with Crippen LogP contribution in [-0.2, 0) is 16.8 Å². The Bertz CT molecular complexity index is 1350. The van der Waals surface area contributed by atoms with Gasteiger partial charge >= 0.3 is 0 Å². The van der Waals surface area contributed by atoms with Crippen molar-refractivity contribution in [3.05, 3.63) is 108 Å². The molecule has 4 rings (SSSR count). The summed E-state index contributed by atoms with van der Waals surface area (Å²) in [6.45, 7) is 4.43. The van der Waals surface area contributed by atoms with Gasteiger partial charge in [-0.25, -0.2) is 0 Å². The molecule has 1 amide bonds. The van der Waals surface area contributed by atoms with Gasteiger partial charge in [-0.3, -0.25) is 9.48 Å². The minimum Gasteiger partial charge on any atom is -0.394 e. The van der Waals surface area contributed by atoms with Crippen molar-refractivity contribution in [3.63, 3.8) is 0 Å². The molecule has 3 N–H and O–H groups in total. The molecule has 1 heterocycles. The minimum absolute atomic E-state index is 0.0107. The van der Waals surface area contributed by atoms with Gasteiger partial charge in [0.2, 0.25) is 5.91 Å². The number of aromatic nitrogens is 2. The highest BCUT2D eigenvalue weighted by Crippen LogP contribution is 2.24. The predicted molar refractivity (Wildman–Crippen MR) is 145 cm³/mol. The third kappa shape index (κ3) is 6.50. The van der Waals surface area contributed by atoms with Crippen LogP contribution in [0.25, 0.3) is 11.1 Å². The summed E-state index contributed by atoms with van der Waals surface area (Å²) in [7, 11) is 0. The lowest BCUT2D eigenvalue weighted by Gasteiger charge is -2.22. The average Bonchev–Trinajstić information content (AvgIpc) is 3.44. The van der Waals surface area contributed by atoms with E-state index in [-0.39, 0.29) is 12.5 Å². The molecule has 1 unspecified atom stereocenters. The number of nitrogens with zero attached hydrogens (tertiary/aromatic N) is 3. The van der Waals surface area contributed by atoms with Gasteiger partial charge in [0.05, 0.1) is 30.0 Å². The molecule has 1 aromatic heterocycles. The van der Waals surface area contributed by atoms with E-state index in [9.17, 15) is 9.90 Å². The van der Waals surface area contributed by atoms with Crippen molar-refractivity contribution in [1.29, 1.82) is 5.26 Å². The van der Waals surface area contributed by atoms with E-state index in [0.717, 1.165) is 28.7 Å². The molecule has 3 aromatic carbocycles. The molecule has 0 saturated heterocycles. The van der Waals surface area contributed by atoms with Gasteiger partial charge in [-0.15, -0.1) is 0 Å². The van der Waals surface area contributed by atoms with Crippen molar-refractivity contribution in [3.8, 4) is 17.2 Å². The zero-order chi connectivity index (χ0) is 26.3. The quantitative estimate of drug-likeness (QED) is 0.298. The van der Waals surface area contributed by atoms with Gasteiger partial charge in [-0.05, 0) is 61.2 Å². The number of hydrogen-bond acceptors (Lipinski definition) is 5. The Balaban J connectivity index is 1.42. The number of carbonyl (C=O) groups excluding carboxylic acids is 1. The maximum Gasteiger partial charge on any atom is 0.246 e. The van der Waals surface area contributed by atoms with Gasteiger partial charge < -0.3 is 15.7 Å². The Morgan fingerprint density at radius 3 is 2.38 bits per heavy atom. The number of amides is 1. The summed E-state index contributed by atoms with van der Waals surface area (Å²) in [5.41, 5.74) is 4.74. The second kappa shape index (κ2) is 11.7. The second-order valence-electron chi connectivity index (χ2n) is 9.57. The van der Waals surface area contributed by atoms with Gasteiger partial charge in [0.25, 0.3) is 0 Å². The Morgan fingerprint density at radius 1 is 1.03 bits per heavy atom. The van der Waals surface area contributed by atoms with Crippen LogP contribution in [0.4, 0.5) is 5.69 Å². The number of aliphatic hydroxyl groups is 1. The fourth-order valence-electron chi connectivity index (χ4n) is 3.95. The van der Waals surface area contributed by atoms with Crippen molar-refractivity contribution >= 4 is 11.6 Å². The van der Waals surface area contributed by atoms with Crippen LogP contribution in [0.5, 0.6) is 0 Å². The van der Waals surface area contributed by atoms with E-state index in [1.807, 2.05) is 86.8 Å². The molecule has 0 aliphatic carbocycles. The molecule has 7 nitrogen and oxygen atoms in total. The third-order valence-corrected chi connectivity index (χ3v) is 6.32. The standard InChI is InChI=1S/C30H31N5O2/c1-30(2,21-36)35-20-26(19-33-35)24-12-14-27(15-13-24)34-29(37)28(25-6-4-3-5-7-25)32-17-16-22-8-10-23(18-31)11-9-22/h3-15,19-20,28,32,36H,16-17,21H2,1-2H3,(H,34,37). The fraction of sp³-hybridized carbons (Fsp3) is 0.233. The Morgan fingerprint density at radius 2 is 1.73 bits per heavy atom. The molecule has 4 aromatic rings. The van der Waals surface area contributed by atoms with E-state index in [2.05, 4.69) is 21.8 Å². The Kier molecular flexibility index (Phi) is 8.14. The van der Waals surface area contributed by atoms with E-state index >= 15 is 0 Å². The van der Waals surface area contributed by atoms with Gasteiger partial charge in [0.15, 0.2) is 0 Å². The van der Waals surface area contributed by atoms with Gasteiger partial charge in [-0.2, -0.15) is 10.4 Å². The molecule has 7 heteroatoms. The SMILES string of the molecule is CC(C)(CO)n1cc(-c2ccc(NC(=O)C(NCCc3ccc(C#N)cc3)c3ccccc3)cc2)cn1. The number of benzene rings is 3. The van der Waals surface area contributed by atoms with Crippen LogP contribution in [0.3, 0.4) is 0 Å². The highest BCUT2D eigenvalue weighted by molar-refractivity contribution is 5.95. The van der Waals surface area contributed by atoms with Crippen molar-refractivity contribution in [1.82, 2.24) is 15.1 Å². The number of carbonyl (C=O) groups is 1. The van der Waals surface area contributed by atoms with Crippen LogP contribution in [0, 0.1) is 11.3 Å². The molecule has 0 aliphatic heterocycles. The summed E-state index contributed by atoms with van der Waals surface area (Å²) in [5.74, 6) is -0.142. The second-order valence-corrected chi connectivity index (χ2v) is 9.57. The van der Waals surface area contributed by atoms with E-state index in [1.54, 1.807) is 23.0 Å². The normalized spacial score (nSPS) is 12.1. The zero-order valence-corrected chi connectivity index (χ0v) is 21.1. The van der Waals surface area contributed by atoms with Gasteiger partial charge in [0.1, 0.15) is 6.04 Å². The van der Waals surface area contributed by atoms with Crippen molar-refractivity contribution in [2.45, 2.75) is 31.8 Å². The lowest BCUT2D eigenvalue weighted by molar-refractivity contribution is -0.118. The van der Waals surface area contributed by atoms with Crippen LogP contribution in [0.15, 0.2) is 91.3 Å². The first-order valence-corrected chi connectivity index (χ1v) is 12.2. The highest BCUT2D eigenvalue weighted by Gasteiger charge is 2.21. The molecule has 0 spiro atoms. The van der Waals surface area contributed by atoms with Crippen molar-refractivity contribution in [2.24, 2.45) is 0 Å². The highest BCUT2D eigenvalue weighted by atomic mass is 16.3. The molecular weight excluding hydrogens is 462 g/mol. The third-order valence-electron chi connectivity index (χ3n) is 6.32. The van der Waals surface area contributed by atoms with Crippen LogP contribution in [-0.4, -0.2) is 33.9 Å². The number of aliphatic hydroxyl groups excluding tert-OH is 1. The Hall–Kier alpha value is -4.25. The zero-order valence-electron chi connectivity index (χ0n) is 21.1. The van der Waals surface area contributed by atoms with Crippen LogP contribution < -0.4 is 10.6 Å². The monoisotopic (exact) mass is 493 g/mol. The average molecular weight is 494 g/mol. The number of nitrogens with one attached hydrogen (secondary N) is 2. The fourth-order valence-corrected chi connectivity index (χ4v) is 3.95. The lowest BCUT2D eigenvalue weighted by Crippen LogP contribution is -2.34. The molecule has 37 heavy (non-hydrogen) atoms. The number of hydrogen-bond donors (Lipinski definition) is 3. The first kappa shape index (κ1) is 25.8. The minimum atomic E-state index is -0.516. The van der Waals surface area contributed by atoms with E-state index in [0.29, 0.717) is 17.8 Å². The molecule has 0 aliphatic rings. The summed E-state index contributed by atoms with van der Waals surface area (Å²) in [5, 5.41) is 29.4. The molecule has 0 radical (unpaired) electrons. The first-order valence-electron chi connectivity index (χ1n) is 12.2. The smallest absolute Gasteiger partial charge is 0.246 e. The van der Waals surface area contributed by atoms with Gasteiger partial charge in [0, 0.05) is 24.0 Å². The van der Waals surface area contributed by atoms with Crippen LogP contribution in [0.2, 0.25) is 0 Å². The van der Waals surface area contributed by atoms with E-state index in [1.165, 1.54) is 0 Å². The summed E-state index contributed by atoms with van der Waals surface area (Å²) >= 11 is 0. The largest absolute Gasteiger partial charge is 0.394 e. The predicted octanol–water partition coefficient (Wildman–Crippen LogP) is 4.66. The molecule has 0 bridgehead atoms. The van der Waals surface area contributed by atoms with E-state index < -0.39 is 11.6 Å². The first-order chi connectivity index (χ1) is 17.9. The lowest BCUT2D eigenvalue weighted by atomic mass is 10.0. The molecule has 1 atom stereocenters. The van der Waals surface area contributed by atoms with E-state index in [4.69, 9.17) is 5.26 Å². The molecular formula is C30H31N5O2. The Labute approximate surface area is 217 Å². The maximum absolute atomic E-state index is 13.3. The number of rotatable bonds is 10. The summed E-state index contributed by atoms with van der Waals surface area (Å²) < 4.78 is 1.76. The topological polar surface area (TPSA) is 103 Å². The summed E-state index contributed by atoms with van der Waals surface area (Å²) in [4.78, 5) is 13.3. The van der Waals surface area contributed by atoms with Crippen LogP contribution in [0.1, 0.15) is 36.6 Å².